The number of H-pyrrole nitrogens is 1. The highest BCUT2D eigenvalue weighted by Crippen LogP contribution is 2.18. The molecule has 2 heterocycles. The third-order valence-corrected chi connectivity index (χ3v) is 2.48. The van der Waals surface area contributed by atoms with Gasteiger partial charge in [0.15, 0.2) is 0 Å². The highest BCUT2D eigenvalue weighted by molar-refractivity contribution is 5.20. The molecule has 0 atom stereocenters. The van der Waals surface area contributed by atoms with Crippen LogP contribution in [-0.4, -0.2) is 20.9 Å². The van der Waals surface area contributed by atoms with E-state index in [4.69, 9.17) is 0 Å². The van der Waals surface area contributed by atoms with E-state index in [1.165, 1.54) is 6.33 Å². The van der Waals surface area contributed by atoms with Crippen LogP contribution in [-0.2, 0) is 13.1 Å². The molecule has 1 aliphatic heterocycles. The minimum Gasteiger partial charge on any atom is -0.313 e. The fraction of sp³-hybridized carbons (Fsp3) is 0.556. The monoisotopic (exact) mass is 179 g/mol. The van der Waals surface area contributed by atoms with Gasteiger partial charge in [-0.1, -0.05) is 0 Å². The zero-order valence-electron chi connectivity index (χ0n) is 7.87. The zero-order chi connectivity index (χ0) is 9.42. The molecule has 13 heavy (non-hydrogen) atoms. The lowest BCUT2D eigenvalue weighted by Gasteiger charge is -2.18. The second-order valence-electron chi connectivity index (χ2n) is 3.66. The van der Waals surface area contributed by atoms with Gasteiger partial charge < -0.3 is 4.98 Å². The molecule has 1 aliphatic rings. The van der Waals surface area contributed by atoms with Crippen molar-refractivity contribution in [2.45, 2.75) is 33.0 Å². The third kappa shape index (κ3) is 1.37. The summed E-state index contributed by atoms with van der Waals surface area (Å²) < 4.78 is 0. The normalized spacial score (nSPS) is 16.5. The van der Waals surface area contributed by atoms with Crippen molar-refractivity contribution in [3.63, 3.8) is 0 Å². The molecule has 0 aromatic carbocycles. The summed E-state index contributed by atoms with van der Waals surface area (Å²) in [5.41, 5.74) is 1.77. The molecule has 0 aliphatic carbocycles. The molecule has 0 fully saturated rings. The van der Waals surface area contributed by atoms with Crippen molar-refractivity contribution >= 4 is 0 Å². The zero-order valence-corrected chi connectivity index (χ0v) is 7.87. The van der Waals surface area contributed by atoms with Crippen molar-refractivity contribution in [1.29, 1.82) is 0 Å². The van der Waals surface area contributed by atoms with Gasteiger partial charge in [0.1, 0.15) is 0 Å². The molecule has 70 valence electrons. The molecule has 1 N–H and O–H groups in total. The lowest BCUT2D eigenvalue weighted by molar-refractivity contribution is 0.226. The van der Waals surface area contributed by atoms with Gasteiger partial charge in [0.2, 0.25) is 0 Å². The van der Waals surface area contributed by atoms with Crippen LogP contribution in [0.5, 0.6) is 0 Å². The van der Waals surface area contributed by atoms with Crippen LogP contribution in [0.3, 0.4) is 0 Å². The number of nitrogens with one attached hydrogen (secondary N) is 1. The van der Waals surface area contributed by atoms with Crippen LogP contribution < -0.4 is 5.56 Å². The number of hydrogen-bond acceptors (Lipinski definition) is 3. The molecule has 1 aromatic rings. The molecular weight excluding hydrogens is 166 g/mol. The maximum absolute atomic E-state index is 11.4. The predicted molar refractivity (Wildman–Crippen MR) is 49.2 cm³/mol. The number of rotatable bonds is 1. The van der Waals surface area contributed by atoms with Crippen molar-refractivity contribution in [3.8, 4) is 0 Å². The molecule has 0 spiro atoms. The largest absolute Gasteiger partial charge is 0.313 e. The van der Waals surface area contributed by atoms with Crippen LogP contribution in [0.1, 0.15) is 25.1 Å². The Labute approximate surface area is 76.6 Å². The van der Waals surface area contributed by atoms with E-state index in [1.54, 1.807) is 0 Å². The van der Waals surface area contributed by atoms with E-state index in [2.05, 4.69) is 28.7 Å². The molecule has 0 radical (unpaired) electrons. The number of aromatic amines is 1. The molecule has 4 heteroatoms. The number of hydrogen-bond donors (Lipinski definition) is 1. The average molecular weight is 179 g/mol. The maximum atomic E-state index is 11.4. The Kier molecular flexibility index (Phi) is 1.92. The first-order valence-electron chi connectivity index (χ1n) is 4.48. The maximum Gasteiger partial charge on any atom is 0.255 e. The molecule has 0 saturated carbocycles. The fourth-order valence-electron chi connectivity index (χ4n) is 1.58. The second kappa shape index (κ2) is 2.96. The summed E-state index contributed by atoms with van der Waals surface area (Å²) in [5.74, 6) is 0. The number of aromatic nitrogens is 2. The SMILES string of the molecule is CC(C)N1Cc2nc[nH]c(=O)c2C1. The van der Waals surface area contributed by atoms with E-state index in [-0.39, 0.29) is 5.56 Å². The van der Waals surface area contributed by atoms with Gasteiger partial charge in [-0.05, 0) is 13.8 Å². The smallest absolute Gasteiger partial charge is 0.255 e. The van der Waals surface area contributed by atoms with Crippen LogP contribution in [0.4, 0.5) is 0 Å². The van der Waals surface area contributed by atoms with Gasteiger partial charge in [0, 0.05) is 19.1 Å². The van der Waals surface area contributed by atoms with Gasteiger partial charge in [-0.15, -0.1) is 0 Å². The van der Waals surface area contributed by atoms with Crippen LogP contribution in [0.15, 0.2) is 11.1 Å². The van der Waals surface area contributed by atoms with Gasteiger partial charge in [0.25, 0.3) is 5.56 Å². The quantitative estimate of drug-likeness (QED) is 0.682. The van der Waals surface area contributed by atoms with Gasteiger partial charge in [0.05, 0.1) is 17.6 Å². The van der Waals surface area contributed by atoms with Crippen molar-refractivity contribution in [3.05, 3.63) is 27.9 Å². The minimum absolute atomic E-state index is 0.00755. The third-order valence-electron chi connectivity index (χ3n) is 2.48. The van der Waals surface area contributed by atoms with E-state index in [0.717, 1.165) is 24.3 Å². The minimum atomic E-state index is 0.00755. The summed E-state index contributed by atoms with van der Waals surface area (Å²) in [6.07, 6.45) is 1.48. The number of fused-ring (bicyclic) bond motifs is 1. The second-order valence-corrected chi connectivity index (χ2v) is 3.66. The molecule has 0 saturated heterocycles. The van der Waals surface area contributed by atoms with Gasteiger partial charge in [-0.2, -0.15) is 0 Å². The summed E-state index contributed by atoms with van der Waals surface area (Å²) >= 11 is 0. The summed E-state index contributed by atoms with van der Waals surface area (Å²) in [5, 5.41) is 0. The lowest BCUT2D eigenvalue weighted by atomic mass is 10.3. The molecule has 0 amide bonds. The summed E-state index contributed by atoms with van der Waals surface area (Å²) in [6, 6.07) is 0.466. The van der Waals surface area contributed by atoms with E-state index >= 15 is 0 Å². The summed E-state index contributed by atoms with van der Waals surface area (Å²) in [6.45, 7) is 5.78. The predicted octanol–water partition coefficient (Wildman–Crippen LogP) is 0.494. The number of nitrogens with zero attached hydrogens (tertiary/aromatic N) is 2. The van der Waals surface area contributed by atoms with Crippen molar-refractivity contribution in [2.24, 2.45) is 0 Å². The summed E-state index contributed by atoms with van der Waals surface area (Å²) in [4.78, 5) is 20.3. The Balaban J connectivity index is 2.35. The van der Waals surface area contributed by atoms with Crippen LogP contribution in [0, 0.1) is 0 Å². The Morgan fingerprint density at radius 3 is 2.92 bits per heavy atom. The van der Waals surface area contributed by atoms with Crippen LogP contribution >= 0.6 is 0 Å². The van der Waals surface area contributed by atoms with E-state index in [9.17, 15) is 4.79 Å². The van der Waals surface area contributed by atoms with E-state index in [0.29, 0.717) is 6.04 Å². The Morgan fingerprint density at radius 1 is 1.54 bits per heavy atom. The molecule has 1 aromatic heterocycles. The highest BCUT2D eigenvalue weighted by atomic mass is 16.1. The van der Waals surface area contributed by atoms with Crippen molar-refractivity contribution in [2.75, 3.05) is 0 Å². The molecule has 0 bridgehead atoms. The Hall–Kier alpha value is -1.16. The highest BCUT2D eigenvalue weighted by Gasteiger charge is 2.23. The topological polar surface area (TPSA) is 49.0 Å². The van der Waals surface area contributed by atoms with Gasteiger partial charge >= 0.3 is 0 Å². The Bertz CT molecular complexity index is 369. The standard InChI is InChI=1S/C9H13N3O/c1-6(2)12-3-7-8(4-12)10-5-11-9(7)13/h5-6H,3-4H2,1-2H3,(H,10,11,13). The van der Waals surface area contributed by atoms with Crippen LogP contribution in [0.2, 0.25) is 0 Å². The first kappa shape index (κ1) is 8.44. The first-order chi connectivity index (χ1) is 6.18. The molecule has 4 nitrogen and oxygen atoms in total. The van der Waals surface area contributed by atoms with Gasteiger partial charge in [-0.25, -0.2) is 4.98 Å². The van der Waals surface area contributed by atoms with E-state index < -0.39 is 0 Å². The Morgan fingerprint density at radius 2 is 2.31 bits per heavy atom. The molecular formula is C9H13N3O. The lowest BCUT2D eigenvalue weighted by Crippen LogP contribution is -2.25. The molecule has 2 rings (SSSR count). The van der Waals surface area contributed by atoms with Gasteiger partial charge in [-0.3, -0.25) is 9.69 Å². The summed E-state index contributed by atoms with van der Waals surface area (Å²) in [7, 11) is 0. The average Bonchev–Trinajstić information content (AvgIpc) is 2.49. The first-order valence-corrected chi connectivity index (χ1v) is 4.48. The van der Waals surface area contributed by atoms with Crippen LogP contribution in [0.25, 0.3) is 0 Å². The van der Waals surface area contributed by atoms with Crippen molar-refractivity contribution in [1.82, 2.24) is 14.9 Å². The molecule has 0 unspecified atom stereocenters. The van der Waals surface area contributed by atoms with Crippen molar-refractivity contribution < 1.29 is 0 Å². The van der Waals surface area contributed by atoms with E-state index in [1.807, 2.05) is 0 Å². The fourth-order valence-corrected chi connectivity index (χ4v) is 1.58.